The fourth-order valence-corrected chi connectivity index (χ4v) is 3.85. The zero-order valence-electron chi connectivity index (χ0n) is 14.2. The molecule has 0 aliphatic heterocycles. The first kappa shape index (κ1) is 17.6. The van der Waals surface area contributed by atoms with Gasteiger partial charge in [-0.15, -0.1) is 11.3 Å². The number of ether oxygens (including phenoxy) is 1. The van der Waals surface area contributed by atoms with E-state index in [1.165, 1.54) is 11.3 Å². The van der Waals surface area contributed by atoms with Gasteiger partial charge in [-0.1, -0.05) is 25.1 Å². The van der Waals surface area contributed by atoms with Gasteiger partial charge in [0.15, 0.2) is 0 Å². The number of aryl methyl sites for hydroxylation is 1. The van der Waals surface area contributed by atoms with Crippen LogP contribution in [-0.4, -0.2) is 29.6 Å². The molecule has 0 unspecified atom stereocenters. The van der Waals surface area contributed by atoms with Gasteiger partial charge in [-0.2, -0.15) is 4.98 Å². The number of carbonyl (C=O) groups excluding carboxylic acids is 1. The second-order valence-corrected chi connectivity index (χ2v) is 6.92. The number of benzene rings is 1. The Kier molecular flexibility index (Phi) is 5.20. The van der Waals surface area contributed by atoms with Crippen molar-refractivity contribution in [3.8, 4) is 0 Å². The summed E-state index contributed by atoms with van der Waals surface area (Å²) in [6, 6.07) is 9.84. The molecule has 0 radical (unpaired) electrons. The number of thiophene rings is 1. The van der Waals surface area contributed by atoms with Crippen LogP contribution in [0.5, 0.6) is 0 Å². The van der Waals surface area contributed by atoms with Crippen molar-refractivity contribution in [1.82, 2.24) is 9.97 Å². The lowest BCUT2D eigenvalue weighted by molar-refractivity contribution is 0.0510. The molecule has 0 saturated heterocycles. The second-order valence-electron chi connectivity index (χ2n) is 5.58. The van der Waals surface area contributed by atoms with Gasteiger partial charge < -0.3 is 9.64 Å². The molecule has 0 aliphatic rings. The van der Waals surface area contributed by atoms with Gasteiger partial charge in [-0.3, -0.25) is 0 Å². The number of hydrogen-bond donors (Lipinski definition) is 0. The van der Waals surface area contributed by atoms with Gasteiger partial charge in [0.2, 0.25) is 5.28 Å². The number of carbonyl (C=O) groups is 1. The van der Waals surface area contributed by atoms with Crippen LogP contribution >= 0.6 is 22.9 Å². The van der Waals surface area contributed by atoms with Crippen molar-refractivity contribution in [3.05, 3.63) is 46.1 Å². The van der Waals surface area contributed by atoms with E-state index in [-0.39, 0.29) is 11.3 Å². The maximum Gasteiger partial charge on any atom is 0.348 e. The molecule has 3 aromatic rings. The lowest BCUT2D eigenvalue weighted by Crippen LogP contribution is -2.12. The van der Waals surface area contributed by atoms with E-state index in [0.29, 0.717) is 22.1 Å². The van der Waals surface area contributed by atoms with Crippen LogP contribution in [0.3, 0.4) is 0 Å². The van der Waals surface area contributed by atoms with E-state index >= 15 is 0 Å². The van der Waals surface area contributed by atoms with Gasteiger partial charge in [0.25, 0.3) is 0 Å². The normalized spacial score (nSPS) is 10.9. The third-order valence-corrected chi connectivity index (χ3v) is 5.16. The van der Waals surface area contributed by atoms with Crippen LogP contribution in [0, 0.1) is 6.92 Å². The zero-order chi connectivity index (χ0) is 18.0. The van der Waals surface area contributed by atoms with Crippen LogP contribution < -0.4 is 4.90 Å². The van der Waals surface area contributed by atoms with Crippen LogP contribution in [0.1, 0.15) is 28.6 Å². The Morgan fingerprint density at radius 3 is 2.68 bits per heavy atom. The van der Waals surface area contributed by atoms with Gasteiger partial charge in [0, 0.05) is 12.7 Å². The van der Waals surface area contributed by atoms with E-state index in [1.54, 1.807) is 0 Å². The smallest absolute Gasteiger partial charge is 0.348 e. The molecule has 3 rings (SSSR count). The number of rotatable bonds is 5. The van der Waals surface area contributed by atoms with Crippen molar-refractivity contribution >= 4 is 50.6 Å². The number of nitrogens with zero attached hydrogens (tertiary/aromatic N) is 3. The third-order valence-electron chi connectivity index (χ3n) is 3.83. The maximum absolute atomic E-state index is 12.3. The Balaban J connectivity index is 2.13. The number of esters is 1. The van der Waals surface area contributed by atoms with Crippen molar-refractivity contribution in [1.29, 1.82) is 0 Å². The first-order chi connectivity index (χ1) is 12.0. The number of aromatic nitrogens is 2. The molecule has 2 aromatic heterocycles. The predicted octanol–water partition coefficient (Wildman–Crippen LogP) is 4.99. The van der Waals surface area contributed by atoms with E-state index in [2.05, 4.69) is 9.97 Å². The molecule has 0 N–H and O–H groups in total. The molecule has 7 heteroatoms. The summed E-state index contributed by atoms with van der Waals surface area (Å²) < 4.78 is 5.28. The van der Waals surface area contributed by atoms with E-state index in [1.807, 2.05) is 56.1 Å². The Bertz CT molecular complexity index is 912. The Morgan fingerprint density at radius 1 is 1.28 bits per heavy atom. The van der Waals surface area contributed by atoms with Crippen molar-refractivity contribution in [3.63, 3.8) is 0 Å². The summed E-state index contributed by atoms with van der Waals surface area (Å²) in [4.78, 5) is 24.2. The van der Waals surface area contributed by atoms with Crippen LogP contribution in [0.4, 0.5) is 11.5 Å². The van der Waals surface area contributed by atoms with Gasteiger partial charge in [-0.05, 0) is 42.6 Å². The SMILES string of the molecule is CCCOC(=O)c1sc2nc(Cl)nc(N(C)c3ccccc3)c2c1C. The van der Waals surface area contributed by atoms with Crippen molar-refractivity contribution < 1.29 is 9.53 Å². The van der Waals surface area contributed by atoms with Crippen molar-refractivity contribution in [2.45, 2.75) is 20.3 Å². The molecular formula is C18H18ClN3O2S. The highest BCUT2D eigenvalue weighted by molar-refractivity contribution is 7.20. The van der Waals surface area contributed by atoms with Crippen LogP contribution in [0.2, 0.25) is 5.28 Å². The van der Waals surface area contributed by atoms with Crippen LogP contribution in [0.15, 0.2) is 30.3 Å². The van der Waals surface area contributed by atoms with E-state index < -0.39 is 0 Å². The summed E-state index contributed by atoms with van der Waals surface area (Å²) in [5.41, 5.74) is 1.79. The first-order valence-electron chi connectivity index (χ1n) is 7.95. The molecule has 0 spiro atoms. The monoisotopic (exact) mass is 375 g/mol. The minimum atomic E-state index is -0.327. The summed E-state index contributed by atoms with van der Waals surface area (Å²) in [7, 11) is 1.92. The Morgan fingerprint density at radius 2 is 2.00 bits per heavy atom. The molecule has 0 bridgehead atoms. The molecule has 1 aromatic carbocycles. The lowest BCUT2D eigenvalue weighted by Gasteiger charge is -2.19. The number of anilines is 2. The molecule has 5 nitrogen and oxygen atoms in total. The Hall–Kier alpha value is -2.18. The fourth-order valence-electron chi connectivity index (χ4n) is 2.56. The van der Waals surface area contributed by atoms with Crippen molar-refractivity contribution in [2.24, 2.45) is 0 Å². The molecule has 0 aliphatic carbocycles. The van der Waals surface area contributed by atoms with Gasteiger partial charge in [-0.25, -0.2) is 9.78 Å². The molecule has 2 heterocycles. The highest BCUT2D eigenvalue weighted by Crippen LogP contribution is 2.38. The minimum absolute atomic E-state index is 0.153. The number of halogens is 1. The van der Waals surface area contributed by atoms with E-state index in [0.717, 1.165) is 23.1 Å². The predicted molar refractivity (Wildman–Crippen MR) is 102 cm³/mol. The van der Waals surface area contributed by atoms with E-state index in [9.17, 15) is 4.79 Å². The molecule has 25 heavy (non-hydrogen) atoms. The summed E-state index contributed by atoms with van der Waals surface area (Å²) in [6.45, 7) is 4.25. The highest BCUT2D eigenvalue weighted by Gasteiger charge is 2.23. The highest BCUT2D eigenvalue weighted by atomic mass is 35.5. The quantitative estimate of drug-likeness (QED) is 0.464. The first-order valence-corrected chi connectivity index (χ1v) is 9.15. The number of para-hydroxylation sites is 1. The average molecular weight is 376 g/mol. The zero-order valence-corrected chi connectivity index (χ0v) is 15.8. The number of fused-ring (bicyclic) bond motifs is 1. The number of hydrogen-bond acceptors (Lipinski definition) is 6. The Labute approximate surface area is 155 Å². The summed E-state index contributed by atoms with van der Waals surface area (Å²) in [6.07, 6.45) is 0.781. The average Bonchev–Trinajstić information content (AvgIpc) is 2.95. The van der Waals surface area contributed by atoms with Gasteiger partial charge >= 0.3 is 5.97 Å². The summed E-state index contributed by atoms with van der Waals surface area (Å²) in [5, 5.41) is 0.976. The van der Waals surface area contributed by atoms with Crippen molar-refractivity contribution in [2.75, 3.05) is 18.6 Å². The molecule has 130 valence electrons. The lowest BCUT2D eigenvalue weighted by atomic mass is 10.2. The minimum Gasteiger partial charge on any atom is -0.462 e. The second kappa shape index (κ2) is 7.37. The standard InChI is InChI=1S/C18H18ClN3O2S/c1-4-10-24-17(23)14-11(2)13-15(20-18(19)21-16(13)25-14)22(3)12-8-6-5-7-9-12/h5-9H,4,10H2,1-3H3. The molecule has 0 saturated carbocycles. The van der Waals surface area contributed by atoms with Crippen LogP contribution in [-0.2, 0) is 4.74 Å². The summed E-state index contributed by atoms with van der Waals surface area (Å²) >= 11 is 7.41. The molecule has 0 atom stereocenters. The topological polar surface area (TPSA) is 55.3 Å². The van der Waals surface area contributed by atoms with Gasteiger partial charge in [0.05, 0.1) is 12.0 Å². The largest absolute Gasteiger partial charge is 0.462 e. The van der Waals surface area contributed by atoms with E-state index in [4.69, 9.17) is 16.3 Å². The fraction of sp³-hybridized carbons (Fsp3) is 0.278. The van der Waals surface area contributed by atoms with Crippen LogP contribution in [0.25, 0.3) is 10.2 Å². The van der Waals surface area contributed by atoms with Gasteiger partial charge in [0.1, 0.15) is 15.5 Å². The third kappa shape index (κ3) is 3.45. The maximum atomic E-state index is 12.3. The molecule has 0 fully saturated rings. The molecular weight excluding hydrogens is 358 g/mol. The summed E-state index contributed by atoms with van der Waals surface area (Å²) in [5.74, 6) is 0.344. The molecule has 0 amide bonds.